The molecule has 0 fully saturated rings. The van der Waals surface area contributed by atoms with Crippen LogP contribution in [-0.4, -0.2) is 23.7 Å². The first kappa shape index (κ1) is 14.5. The highest BCUT2D eigenvalue weighted by Crippen LogP contribution is 2.35. The molecule has 0 saturated carbocycles. The van der Waals surface area contributed by atoms with Gasteiger partial charge in [0.15, 0.2) is 11.5 Å². The van der Waals surface area contributed by atoms with Gasteiger partial charge in [-0.1, -0.05) is 0 Å². The zero-order valence-electron chi connectivity index (χ0n) is 12.4. The van der Waals surface area contributed by atoms with E-state index in [9.17, 15) is 0 Å². The van der Waals surface area contributed by atoms with E-state index < -0.39 is 0 Å². The smallest absolute Gasteiger partial charge is 0.161 e. The van der Waals surface area contributed by atoms with Crippen molar-refractivity contribution >= 4 is 11.3 Å². The van der Waals surface area contributed by atoms with Crippen LogP contribution in [0.2, 0.25) is 0 Å². The fourth-order valence-electron chi connectivity index (χ4n) is 2.13. The lowest BCUT2D eigenvalue weighted by Gasteiger charge is -2.09. The monoisotopic (exact) mass is 312 g/mol. The molecule has 2 heterocycles. The maximum Gasteiger partial charge on any atom is 0.161 e. The molecule has 0 saturated heterocycles. The zero-order valence-corrected chi connectivity index (χ0v) is 13.3. The molecule has 0 aliphatic carbocycles. The third-order valence-corrected chi connectivity index (χ3v) is 4.06. The third-order valence-electron chi connectivity index (χ3n) is 3.17. The summed E-state index contributed by atoms with van der Waals surface area (Å²) < 4.78 is 10.9. The fourth-order valence-corrected chi connectivity index (χ4v) is 2.95. The van der Waals surface area contributed by atoms with Crippen molar-refractivity contribution in [3.63, 3.8) is 0 Å². The highest BCUT2D eigenvalue weighted by molar-refractivity contribution is 7.13. The molecule has 0 aliphatic rings. The van der Waals surface area contributed by atoms with Crippen LogP contribution in [0.4, 0.5) is 0 Å². The summed E-state index contributed by atoms with van der Waals surface area (Å²) in [6.45, 7) is 2.56. The molecular formula is C17H16N2O2S. The number of aromatic nitrogens is 2. The summed E-state index contributed by atoms with van der Waals surface area (Å²) >= 11 is 1.60. The van der Waals surface area contributed by atoms with Crippen molar-refractivity contribution in [2.45, 2.75) is 6.92 Å². The Hall–Kier alpha value is -2.40. The highest BCUT2D eigenvalue weighted by atomic mass is 32.1. The average molecular weight is 312 g/mol. The van der Waals surface area contributed by atoms with E-state index >= 15 is 0 Å². The lowest BCUT2D eigenvalue weighted by molar-refractivity contribution is 0.311. The number of methoxy groups -OCH3 is 1. The van der Waals surface area contributed by atoms with E-state index in [0.29, 0.717) is 6.61 Å². The van der Waals surface area contributed by atoms with Gasteiger partial charge in [0.1, 0.15) is 5.01 Å². The Balaban J connectivity index is 1.93. The third kappa shape index (κ3) is 2.94. The van der Waals surface area contributed by atoms with Crippen molar-refractivity contribution in [2.24, 2.45) is 0 Å². The summed E-state index contributed by atoms with van der Waals surface area (Å²) in [5.74, 6) is 1.47. The van der Waals surface area contributed by atoms with Crippen LogP contribution < -0.4 is 9.47 Å². The highest BCUT2D eigenvalue weighted by Gasteiger charge is 2.10. The standard InChI is InChI=1S/C17H16N2O2S/c1-3-21-15-7-6-12(9-16(15)20-2)17-19-14(11-22-17)13-5-4-8-18-10-13/h4-11H,3H2,1-2H3. The van der Waals surface area contributed by atoms with Crippen LogP contribution in [0.1, 0.15) is 6.92 Å². The number of ether oxygens (including phenoxy) is 2. The van der Waals surface area contributed by atoms with E-state index in [-0.39, 0.29) is 0 Å². The quantitative estimate of drug-likeness (QED) is 0.705. The predicted molar refractivity (Wildman–Crippen MR) is 88.5 cm³/mol. The molecule has 3 aromatic rings. The van der Waals surface area contributed by atoms with Crippen LogP contribution in [0.3, 0.4) is 0 Å². The van der Waals surface area contributed by atoms with Gasteiger partial charge >= 0.3 is 0 Å². The molecule has 112 valence electrons. The molecule has 1 aromatic carbocycles. The first-order valence-corrected chi connectivity index (χ1v) is 7.87. The first-order valence-electron chi connectivity index (χ1n) is 6.99. The van der Waals surface area contributed by atoms with Gasteiger partial charge in [-0.3, -0.25) is 4.98 Å². The summed E-state index contributed by atoms with van der Waals surface area (Å²) in [6.07, 6.45) is 3.58. The molecule has 5 heteroatoms. The van der Waals surface area contributed by atoms with E-state index in [1.807, 2.05) is 48.8 Å². The number of hydrogen-bond acceptors (Lipinski definition) is 5. The van der Waals surface area contributed by atoms with E-state index in [1.54, 1.807) is 24.6 Å². The van der Waals surface area contributed by atoms with Crippen molar-refractivity contribution < 1.29 is 9.47 Å². The molecule has 0 spiro atoms. The largest absolute Gasteiger partial charge is 0.493 e. The topological polar surface area (TPSA) is 44.2 Å². The van der Waals surface area contributed by atoms with Crippen molar-refractivity contribution in [3.05, 3.63) is 48.1 Å². The second-order valence-electron chi connectivity index (χ2n) is 4.58. The minimum Gasteiger partial charge on any atom is -0.493 e. The Morgan fingerprint density at radius 3 is 2.77 bits per heavy atom. The van der Waals surface area contributed by atoms with Gasteiger partial charge in [-0.2, -0.15) is 0 Å². The Bertz CT molecular complexity index is 756. The Labute approximate surface area is 133 Å². The number of rotatable bonds is 5. The van der Waals surface area contributed by atoms with Crippen LogP contribution in [0, 0.1) is 0 Å². The summed E-state index contributed by atoms with van der Waals surface area (Å²) in [5.41, 5.74) is 2.96. The van der Waals surface area contributed by atoms with E-state index in [4.69, 9.17) is 9.47 Å². The summed E-state index contributed by atoms with van der Waals surface area (Å²) in [4.78, 5) is 8.81. The molecule has 0 bridgehead atoms. The number of pyridine rings is 1. The van der Waals surface area contributed by atoms with Crippen molar-refractivity contribution in [3.8, 4) is 33.3 Å². The van der Waals surface area contributed by atoms with Gasteiger partial charge in [0.2, 0.25) is 0 Å². The zero-order chi connectivity index (χ0) is 15.4. The molecule has 3 rings (SSSR count). The average Bonchev–Trinajstić information content (AvgIpc) is 3.06. The molecule has 0 N–H and O–H groups in total. The van der Waals surface area contributed by atoms with Gasteiger partial charge in [-0.25, -0.2) is 4.98 Å². The second-order valence-corrected chi connectivity index (χ2v) is 5.44. The van der Waals surface area contributed by atoms with Crippen LogP contribution in [0.25, 0.3) is 21.8 Å². The molecule has 0 atom stereocenters. The van der Waals surface area contributed by atoms with Crippen LogP contribution >= 0.6 is 11.3 Å². The SMILES string of the molecule is CCOc1ccc(-c2nc(-c3cccnc3)cs2)cc1OC. The Morgan fingerprint density at radius 2 is 2.05 bits per heavy atom. The second kappa shape index (κ2) is 6.58. The molecular weight excluding hydrogens is 296 g/mol. The molecule has 22 heavy (non-hydrogen) atoms. The van der Waals surface area contributed by atoms with Crippen LogP contribution in [0.5, 0.6) is 11.5 Å². The van der Waals surface area contributed by atoms with E-state index in [2.05, 4.69) is 9.97 Å². The lowest BCUT2D eigenvalue weighted by atomic mass is 10.2. The maximum absolute atomic E-state index is 5.54. The maximum atomic E-state index is 5.54. The number of thiazole rings is 1. The minimum absolute atomic E-state index is 0.609. The van der Waals surface area contributed by atoms with E-state index in [0.717, 1.165) is 33.3 Å². The van der Waals surface area contributed by atoms with Gasteiger partial charge < -0.3 is 9.47 Å². The van der Waals surface area contributed by atoms with Gasteiger partial charge in [-0.05, 0) is 37.3 Å². The number of benzene rings is 1. The van der Waals surface area contributed by atoms with E-state index in [1.165, 1.54) is 0 Å². The molecule has 0 radical (unpaired) electrons. The number of hydrogen-bond donors (Lipinski definition) is 0. The minimum atomic E-state index is 0.609. The van der Waals surface area contributed by atoms with Crippen molar-refractivity contribution in [1.29, 1.82) is 0 Å². The fraction of sp³-hybridized carbons (Fsp3) is 0.176. The molecule has 4 nitrogen and oxygen atoms in total. The number of nitrogens with zero attached hydrogens (tertiary/aromatic N) is 2. The summed E-state index contributed by atoms with van der Waals surface area (Å²) in [6, 6.07) is 9.79. The Morgan fingerprint density at radius 1 is 1.14 bits per heavy atom. The molecule has 0 unspecified atom stereocenters. The molecule has 0 aliphatic heterocycles. The normalized spacial score (nSPS) is 10.5. The lowest BCUT2D eigenvalue weighted by Crippen LogP contribution is -1.95. The van der Waals surface area contributed by atoms with Gasteiger partial charge in [0, 0.05) is 28.9 Å². The van der Waals surface area contributed by atoms with Gasteiger partial charge in [0.05, 0.1) is 19.4 Å². The van der Waals surface area contributed by atoms with Crippen molar-refractivity contribution in [1.82, 2.24) is 9.97 Å². The van der Waals surface area contributed by atoms with Crippen LogP contribution in [-0.2, 0) is 0 Å². The predicted octanol–water partition coefficient (Wildman–Crippen LogP) is 4.28. The summed E-state index contributed by atoms with van der Waals surface area (Å²) in [5, 5.41) is 2.98. The van der Waals surface area contributed by atoms with Crippen molar-refractivity contribution in [2.75, 3.05) is 13.7 Å². The van der Waals surface area contributed by atoms with Gasteiger partial charge in [-0.15, -0.1) is 11.3 Å². The Kier molecular flexibility index (Phi) is 4.34. The van der Waals surface area contributed by atoms with Crippen LogP contribution in [0.15, 0.2) is 48.1 Å². The first-order chi connectivity index (χ1) is 10.8. The molecule has 2 aromatic heterocycles. The molecule has 0 amide bonds. The summed E-state index contributed by atoms with van der Waals surface area (Å²) in [7, 11) is 1.64. The van der Waals surface area contributed by atoms with Gasteiger partial charge in [0.25, 0.3) is 0 Å².